The Morgan fingerprint density at radius 2 is 1.96 bits per heavy atom. The molecule has 1 fully saturated rings. The number of hydrogen-bond acceptors (Lipinski definition) is 6. The van der Waals surface area contributed by atoms with Crippen molar-refractivity contribution >= 4 is 22.2 Å². The summed E-state index contributed by atoms with van der Waals surface area (Å²) in [7, 11) is 0. The van der Waals surface area contributed by atoms with Gasteiger partial charge in [0.2, 0.25) is 0 Å². The lowest BCUT2D eigenvalue weighted by Crippen LogP contribution is -2.35. The van der Waals surface area contributed by atoms with Crippen molar-refractivity contribution in [3.05, 3.63) is 65.4 Å². The van der Waals surface area contributed by atoms with Crippen LogP contribution in [-0.4, -0.2) is 48.7 Å². The Bertz CT molecular complexity index is 909. The van der Waals surface area contributed by atoms with Crippen molar-refractivity contribution in [2.75, 3.05) is 37.7 Å². The molecule has 144 valence electrons. The number of pyridine rings is 2. The van der Waals surface area contributed by atoms with E-state index in [1.807, 2.05) is 36.4 Å². The van der Waals surface area contributed by atoms with Crippen LogP contribution < -0.4 is 10.2 Å². The van der Waals surface area contributed by atoms with Gasteiger partial charge in [0.1, 0.15) is 5.00 Å². The summed E-state index contributed by atoms with van der Waals surface area (Å²) in [5, 5.41) is 4.11. The number of hydrogen-bond donors (Lipinski definition) is 1. The molecule has 0 unspecified atom stereocenters. The monoisotopic (exact) mass is 394 g/mol. The third-order valence-electron chi connectivity index (χ3n) is 4.62. The van der Waals surface area contributed by atoms with Crippen LogP contribution in [0.2, 0.25) is 0 Å². The number of thiophene rings is 1. The third-order valence-corrected chi connectivity index (χ3v) is 5.82. The van der Waals surface area contributed by atoms with Crippen LogP contribution in [0.25, 0.3) is 11.3 Å². The van der Waals surface area contributed by atoms with Crippen molar-refractivity contribution in [3.8, 4) is 11.3 Å². The van der Waals surface area contributed by atoms with Gasteiger partial charge in [-0.3, -0.25) is 14.8 Å². The van der Waals surface area contributed by atoms with Crippen LogP contribution in [0.5, 0.6) is 0 Å². The van der Waals surface area contributed by atoms with E-state index in [9.17, 15) is 4.79 Å². The van der Waals surface area contributed by atoms with Crippen LogP contribution in [0, 0.1) is 0 Å². The molecule has 0 atom stereocenters. The van der Waals surface area contributed by atoms with Gasteiger partial charge >= 0.3 is 0 Å². The molecule has 3 aromatic heterocycles. The highest BCUT2D eigenvalue weighted by molar-refractivity contribution is 7.18. The highest BCUT2D eigenvalue weighted by atomic mass is 32.1. The number of carbonyl (C=O) groups is 1. The zero-order valence-electron chi connectivity index (χ0n) is 15.5. The van der Waals surface area contributed by atoms with Gasteiger partial charge in [-0.25, -0.2) is 0 Å². The average Bonchev–Trinajstić information content (AvgIpc) is 3.21. The van der Waals surface area contributed by atoms with Crippen molar-refractivity contribution in [3.63, 3.8) is 0 Å². The number of rotatable bonds is 6. The SMILES string of the molecule is O=C(NCCc1ccncc1)c1cc(-c2ccccn2)c(N2CCOCC2)s1. The van der Waals surface area contributed by atoms with Crippen LogP contribution in [0.4, 0.5) is 5.00 Å². The maximum absolute atomic E-state index is 12.7. The van der Waals surface area contributed by atoms with Gasteiger partial charge in [-0.05, 0) is 42.3 Å². The van der Waals surface area contributed by atoms with Crippen LogP contribution in [-0.2, 0) is 11.2 Å². The van der Waals surface area contributed by atoms with Crippen molar-refractivity contribution in [1.82, 2.24) is 15.3 Å². The molecular formula is C21H22N4O2S. The predicted octanol–water partition coefficient (Wildman–Crippen LogP) is 3.01. The summed E-state index contributed by atoms with van der Waals surface area (Å²) < 4.78 is 5.48. The van der Waals surface area contributed by atoms with Gasteiger partial charge in [0.15, 0.2) is 0 Å². The predicted molar refractivity (Wildman–Crippen MR) is 111 cm³/mol. The van der Waals surface area contributed by atoms with Crippen molar-refractivity contribution in [2.45, 2.75) is 6.42 Å². The molecule has 0 radical (unpaired) electrons. The number of nitrogens with one attached hydrogen (secondary N) is 1. The second kappa shape index (κ2) is 8.95. The Balaban J connectivity index is 1.51. The van der Waals surface area contributed by atoms with Gasteiger partial charge in [-0.15, -0.1) is 11.3 Å². The van der Waals surface area contributed by atoms with E-state index in [0.717, 1.165) is 41.3 Å². The second-order valence-corrected chi connectivity index (χ2v) is 7.54. The minimum atomic E-state index is -0.0456. The third kappa shape index (κ3) is 4.37. The fraction of sp³-hybridized carbons (Fsp3) is 0.286. The van der Waals surface area contributed by atoms with E-state index in [-0.39, 0.29) is 5.91 Å². The van der Waals surface area contributed by atoms with Gasteiger partial charge in [-0.2, -0.15) is 0 Å². The maximum atomic E-state index is 12.7. The molecule has 1 amide bonds. The smallest absolute Gasteiger partial charge is 0.261 e. The van der Waals surface area contributed by atoms with Crippen molar-refractivity contribution in [1.29, 1.82) is 0 Å². The van der Waals surface area contributed by atoms with Crippen LogP contribution in [0.15, 0.2) is 55.0 Å². The molecule has 4 heterocycles. The Hall–Kier alpha value is -2.77. The highest BCUT2D eigenvalue weighted by Crippen LogP contribution is 2.38. The molecule has 0 aliphatic carbocycles. The van der Waals surface area contributed by atoms with Crippen LogP contribution >= 0.6 is 11.3 Å². The first-order chi connectivity index (χ1) is 13.8. The summed E-state index contributed by atoms with van der Waals surface area (Å²) in [6.07, 6.45) is 6.10. The molecule has 1 aliphatic rings. The number of anilines is 1. The van der Waals surface area contributed by atoms with Crippen molar-refractivity contribution in [2.24, 2.45) is 0 Å². The van der Waals surface area contributed by atoms with E-state index in [1.54, 1.807) is 18.6 Å². The van der Waals surface area contributed by atoms with E-state index in [4.69, 9.17) is 4.74 Å². The van der Waals surface area contributed by atoms with E-state index >= 15 is 0 Å². The minimum absolute atomic E-state index is 0.0456. The molecule has 0 saturated carbocycles. The largest absolute Gasteiger partial charge is 0.378 e. The Morgan fingerprint density at radius 1 is 1.14 bits per heavy atom. The van der Waals surface area contributed by atoms with Gasteiger partial charge in [0, 0.05) is 43.8 Å². The fourth-order valence-electron chi connectivity index (χ4n) is 3.16. The Labute approximate surface area is 168 Å². The highest BCUT2D eigenvalue weighted by Gasteiger charge is 2.22. The molecule has 28 heavy (non-hydrogen) atoms. The number of morpholine rings is 1. The van der Waals surface area contributed by atoms with Gasteiger partial charge in [0.25, 0.3) is 5.91 Å². The number of ether oxygens (including phenoxy) is 1. The fourth-order valence-corrected chi connectivity index (χ4v) is 4.29. The summed E-state index contributed by atoms with van der Waals surface area (Å²) in [5.41, 5.74) is 3.05. The van der Waals surface area contributed by atoms with Gasteiger partial charge < -0.3 is 15.0 Å². The first-order valence-corrected chi connectivity index (χ1v) is 10.2. The lowest BCUT2D eigenvalue weighted by Gasteiger charge is -2.28. The molecule has 7 heteroatoms. The van der Waals surface area contributed by atoms with Crippen LogP contribution in [0.3, 0.4) is 0 Å². The molecule has 0 bridgehead atoms. The van der Waals surface area contributed by atoms with E-state index in [1.165, 1.54) is 11.3 Å². The number of amides is 1. The Morgan fingerprint density at radius 3 is 2.71 bits per heavy atom. The zero-order valence-corrected chi connectivity index (χ0v) is 16.3. The molecule has 0 spiro atoms. The van der Waals surface area contributed by atoms with Gasteiger partial charge in [0.05, 0.1) is 23.8 Å². The molecule has 1 N–H and O–H groups in total. The number of nitrogens with zero attached hydrogens (tertiary/aromatic N) is 3. The summed E-state index contributed by atoms with van der Waals surface area (Å²) in [6.45, 7) is 3.64. The average molecular weight is 395 g/mol. The maximum Gasteiger partial charge on any atom is 0.261 e. The number of aromatic nitrogens is 2. The zero-order chi connectivity index (χ0) is 19.2. The second-order valence-electron chi connectivity index (χ2n) is 6.51. The van der Waals surface area contributed by atoms with Crippen LogP contribution in [0.1, 0.15) is 15.2 Å². The molecule has 4 rings (SSSR count). The lowest BCUT2D eigenvalue weighted by molar-refractivity contribution is 0.0958. The minimum Gasteiger partial charge on any atom is -0.378 e. The van der Waals surface area contributed by atoms with Gasteiger partial charge in [-0.1, -0.05) is 6.07 Å². The first-order valence-electron chi connectivity index (χ1n) is 9.36. The quantitative estimate of drug-likeness (QED) is 0.696. The summed E-state index contributed by atoms with van der Waals surface area (Å²) >= 11 is 1.52. The topological polar surface area (TPSA) is 67.4 Å². The molecule has 6 nitrogen and oxygen atoms in total. The first kappa shape index (κ1) is 18.6. The Kier molecular flexibility index (Phi) is 5.94. The molecule has 1 aliphatic heterocycles. The van der Waals surface area contributed by atoms with Crippen molar-refractivity contribution < 1.29 is 9.53 Å². The molecule has 0 aromatic carbocycles. The summed E-state index contributed by atoms with van der Waals surface area (Å²) in [6, 6.07) is 11.7. The molecule has 3 aromatic rings. The molecular weight excluding hydrogens is 372 g/mol. The van der Waals surface area contributed by atoms with E-state index in [0.29, 0.717) is 24.6 Å². The number of carbonyl (C=O) groups excluding carboxylic acids is 1. The molecule has 1 saturated heterocycles. The van der Waals surface area contributed by atoms with E-state index < -0.39 is 0 Å². The standard InChI is InChI=1S/C21H22N4O2S/c26-20(24-10-6-16-4-8-22-9-5-16)19-15-17(18-3-1-2-7-23-18)21(28-19)25-11-13-27-14-12-25/h1-5,7-9,15H,6,10-14H2,(H,24,26). The summed E-state index contributed by atoms with van der Waals surface area (Å²) in [4.78, 5) is 24.2. The van der Waals surface area contributed by atoms with E-state index in [2.05, 4.69) is 20.2 Å². The normalized spacial score (nSPS) is 14.1. The lowest BCUT2D eigenvalue weighted by atomic mass is 10.1. The summed E-state index contributed by atoms with van der Waals surface area (Å²) in [5.74, 6) is -0.0456.